The van der Waals surface area contributed by atoms with Gasteiger partial charge in [-0.2, -0.15) is 0 Å². The molecule has 3 N–H and O–H groups in total. The fourth-order valence-corrected chi connectivity index (χ4v) is 3.01. The summed E-state index contributed by atoms with van der Waals surface area (Å²) in [5.74, 6) is -0.828. The van der Waals surface area contributed by atoms with Crippen LogP contribution in [0.15, 0.2) is 30.3 Å². The van der Waals surface area contributed by atoms with Crippen molar-refractivity contribution in [2.45, 2.75) is 33.2 Å². The lowest BCUT2D eigenvalue weighted by Crippen LogP contribution is -2.44. The number of rotatable bonds is 5. The van der Waals surface area contributed by atoms with E-state index in [0.29, 0.717) is 5.56 Å². The van der Waals surface area contributed by atoms with Gasteiger partial charge >= 0.3 is 6.03 Å². The molecule has 1 fully saturated rings. The van der Waals surface area contributed by atoms with E-state index in [1.807, 2.05) is 19.1 Å². The van der Waals surface area contributed by atoms with Crippen LogP contribution in [0, 0.1) is 20.8 Å². The zero-order valence-electron chi connectivity index (χ0n) is 16.2. The van der Waals surface area contributed by atoms with E-state index in [1.165, 1.54) is 0 Å². The second-order valence-electron chi connectivity index (χ2n) is 6.96. The fraction of sp³-hybridized carbons (Fsp3) is 0.316. The molecule has 1 unspecified atom stereocenters. The average Bonchev–Trinajstić information content (AvgIpc) is 2.84. The maximum absolute atomic E-state index is 12.8. The number of carbonyl (C=O) groups is 3. The Morgan fingerprint density at radius 1 is 1.11 bits per heavy atom. The van der Waals surface area contributed by atoms with Gasteiger partial charge in [-0.15, -0.1) is 0 Å². The van der Waals surface area contributed by atoms with Gasteiger partial charge in [0.1, 0.15) is 12.1 Å². The normalized spacial score (nSPS) is 18.8. The Bertz CT molecular complexity index is 923. The summed E-state index contributed by atoms with van der Waals surface area (Å²) in [4.78, 5) is 46.5. The Kier molecular flexibility index (Phi) is 5.00. The number of amides is 4. The van der Waals surface area contributed by atoms with Gasteiger partial charge in [0.2, 0.25) is 5.95 Å². The molecule has 0 saturated carbocycles. The third kappa shape index (κ3) is 3.78. The van der Waals surface area contributed by atoms with Crippen LogP contribution in [0.2, 0.25) is 0 Å². The lowest BCUT2D eigenvalue weighted by Gasteiger charge is -2.22. The number of anilines is 1. The van der Waals surface area contributed by atoms with Gasteiger partial charge in [-0.3, -0.25) is 25.3 Å². The van der Waals surface area contributed by atoms with Crippen LogP contribution in [0.25, 0.3) is 0 Å². The number of hydrazine groups is 1. The molecule has 0 spiro atoms. The molecule has 2 heterocycles. The van der Waals surface area contributed by atoms with Crippen molar-refractivity contribution in [1.82, 2.24) is 25.6 Å². The van der Waals surface area contributed by atoms with Gasteiger partial charge in [-0.05, 0) is 39.3 Å². The molecule has 0 bridgehead atoms. The van der Waals surface area contributed by atoms with Crippen molar-refractivity contribution in [2.75, 3.05) is 12.0 Å². The van der Waals surface area contributed by atoms with Gasteiger partial charge in [-0.1, -0.05) is 29.8 Å². The molecule has 2 aromatic rings. The minimum Gasteiger partial charge on any atom is -0.319 e. The van der Waals surface area contributed by atoms with Crippen LogP contribution in [0.5, 0.6) is 0 Å². The molecule has 4 amide bonds. The number of nitrogens with one attached hydrogen (secondary N) is 3. The van der Waals surface area contributed by atoms with E-state index in [1.54, 1.807) is 39.0 Å². The number of benzene rings is 1. The zero-order chi connectivity index (χ0) is 20.5. The highest BCUT2D eigenvalue weighted by molar-refractivity contribution is 6.09. The molecule has 1 aliphatic rings. The zero-order valence-corrected chi connectivity index (χ0v) is 16.2. The van der Waals surface area contributed by atoms with Crippen LogP contribution in [0.3, 0.4) is 0 Å². The molecule has 1 aromatic carbocycles. The molecule has 1 aliphatic heterocycles. The van der Waals surface area contributed by atoms with Crippen molar-refractivity contribution in [2.24, 2.45) is 0 Å². The third-order valence-corrected chi connectivity index (χ3v) is 4.50. The van der Waals surface area contributed by atoms with E-state index < -0.39 is 29.9 Å². The molecule has 1 aromatic heterocycles. The Labute approximate surface area is 162 Å². The van der Waals surface area contributed by atoms with E-state index in [-0.39, 0.29) is 5.95 Å². The molecule has 9 heteroatoms. The maximum atomic E-state index is 12.8. The molecular formula is C19H22N6O3. The number of hydrogen-bond donors (Lipinski definition) is 3. The number of aryl methyl sites for hydroxylation is 3. The van der Waals surface area contributed by atoms with E-state index in [4.69, 9.17) is 0 Å². The average molecular weight is 382 g/mol. The molecular weight excluding hydrogens is 360 g/mol. The van der Waals surface area contributed by atoms with Gasteiger partial charge in [0, 0.05) is 11.4 Å². The molecule has 146 valence electrons. The standard InChI is InChI=1S/C19H22N6O3/c1-11-5-7-14(8-6-11)19(4)16(27)25(18(28)22-19)10-15(26)23-24-17-20-12(2)9-13(3)21-17/h5-9H,10H2,1-4H3,(H,22,28)(H,23,26)(H,20,21,24). The van der Waals surface area contributed by atoms with Gasteiger partial charge in [0.25, 0.3) is 11.8 Å². The van der Waals surface area contributed by atoms with Crippen molar-refractivity contribution < 1.29 is 14.4 Å². The first-order chi connectivity index (χ1) is 13.2. The summed E-state index contributed by atoms with van der Waals surface area (Å²) in [6.45, 7) is 6.74. The number of carbonyl (C=O) groups excluding carboxylic acids is 3. The summed E-state index contributed by atoms with van der Waals surface area (Å²) >= 11 is 0. The lowest BCUT2D eigenvalue weighted by atomic mass is 9.91. The Balaban J connectivity index is 1.66. The highest BCUT2D eigenvalue weighted by Crippen LogP contribution is 2.28. The summed E-state index contributed by atoms with van der Waals surface area (Å²) < 4.78 is 0. The molecule has 9 nitrogen and oxygen atoms in total. The van der Waals surface area contributed by atoms with Crippen molar-refractivity contribution in [3.63, 3.8) is 0 Å². The summed E-state index contributed by atoms with van der Waals surface area (Å²) in [6, 6.07) is 8.48. The van der Waals surface area contributed by atoms with Crippen LogP contribution < -0.4 is 16.2 Å². The van der Waals surface area contributed by atoms with E-state index in [9.17, 15) is 14.4 Å². The van der Waals surface area contributed by atoms with Crippen molar-refractivity contribution >= 4 is 23.8 Å². The van der Waals surface area contributed by atoms with Crippen molar-refractivity contribution in [1.29, 1.82) is 0 Å². The van der Waals surface area contributed by atoms with E-state index >= 15 is 0 Å². The summed E-state index contributed by atoms with van der Waals surface area (Å²) in [5.41, 5.74) is 6.97. The van der Waals surface area contributed by atoms with Gasteiger partial charge in [0.05, 0.1) is 0 Å². The predicted octanol–water partition coefficient (Wildman–Crippen LogP) is 1.31. The molecule has 0 radical (unpaired) electrons. The van der Waals surface area contributed by atoms with Crippen LogP contribution in [0.4, 0.5) is 10.7 Å². The van der Waals surface area contributed by atoms with Crippen molar-refractivity contribution in [3.05, 3.63) is 52.8 Å². The monoisotopic (exact) mass is 382 g/mol. The van der Waals surface area contributed by atoms with Gasteiger partial charge in [0.15, 0.2) is 0 Å². The van der Waals surface area contributed by atoms with E-state index in [0.717, 1.165) is 21.9 Å². The summed E-state index contributed by atoms with van der Waals surface area (Å²) in [5, 5.41) is 2.67. The summed E-state index contributed by atoms with van der Waals surface area (Å²) in [7, 11) is 0. The highest BCUT2D eigenvalue weighted by Gasteiger charge is 2.49. The first kappa shape index (κ1) is 19.3. The van der Waals surface area contributed by atoms with Gasteiger partial charge in [-0.25, -0.2) is 14.8 Å². The third-order valence-electron chi connectivity index (χ3n) is 4.50. The molecule has 1 saturated heterocycles. The second kappa shape index (κ2) is 7.26. The Morgan fingerprint density at radius 2 is 1.71 bits per heavy atom. The second-order valence-corrected chi connectivity index (χ2v) is 6.96. The predicted molar refractivity (Wildman–Crippen MR) is 102 cm³/mol. The van der Waals surface area contributed by atoms with Gasteiger partial charge < -0.3 is 5.32 Å². The largest absolute Gasteiger partial charge is 0.325 e. The Morgan fingerprint density at radius 3 is 2.32 bits per heavy atom. The minimum atomic E-state index is -1.21. The smallest absolute Gasteiger partial charge is 0.319 e. The number of urea groups is 1. The SMILES string of the molecule is Cc1ccc(C2(C)NC(=O)N(CC(=O)NNc3nc(C)cc(C)n3)C2=O)cc1. The number of nitrogens with zero attached hydrogens (tertiary/aromatic N) is 3. The first-order valence-corrected chi connectivity index (χ1v) is 8.77. The fourth-order valence-electron chi connectivity index (χ4n) is 3.01. The van der Waals surface area contributed by atoms with E-state index in [2.05, 4.69) is 26.1 Å². The quantitative estimate of drug-likeness (QED) is 0.530. The molecule has 28 heavy (non-hydrogen) atoms. The van der Waals surface area contributed by atoms with Crippen LogP contribution in [0.1, 0.15) is 29.4 Å². The highest BCUT2D eigenvalue weighted by atomic mass is 16.2. The molecule has 3 rings (SSSR count). The lowest BCUT2D eigenvalue weighted by molar-refractivity contribution is -0.134. The van der Waals surface area contributed by atoms with Crippen LogP contribution in [-0.2, 0) is 15.1 Å². The minimum absolute atomic E-state index is 0.229. The first-order valence-electron chi connectivity index (χ1n) is 8.77. The van der Waals surface area contributed by atoms with Crippen LogP contribution >= 0.6 is 0 Å². The van der Waals surface area contributed by atoms with Crippen molar-refractivity contribution in [3.8, 4) is 0 Å². The topological polar surface area (TPSA) is 116 Å². The Hall–Kier alpha value is -3.49. The maximum Gasteiger partial charge on any atom is 0.325 e. The summed E-state index contributed by atoms with van der Waals surface area (Å²) in [6.07, 6.45) is 0. The number of imide groups is 1. The molecule has 0 aliphatic carbocycles. The van der Waals surface area contributed by atoms with Crippen LogP contribution in [-0.4, -0.2) is 39.3 Å². The molecule has 1 atom stereocenters. The number of hydrogen-bond acceptors (Lipinski definition) is 6. The number of aromatic nitrogens is 2.